The summed E-state index contributed by atoms with van der Waals surface area (Å²) in [5.41, 5.74) is 2.20. The molecule has 3 aromatic rings. The summed E-state index contributed by atoms with van der Waals surface area (Å²) in [6.45, 7) is 8.81. The van der Waals surface area contributed by atoms with Crippen LogP contribution >= 0.6 is 11.3 Å². The summed E-state index contributed by atoms with van der Waals surface area (Å²) >= 11 is 1.68. The quantitative estimate of drug-likeness (QED) is 0.343. The predicted molar refractivity (Wildman–Crippen MR) is 144 cm³/mol. The first-order valence-corrected chi connectivity index (χ1v) is 13.5. The van der Waals surface area contributed by atoms with Crippen LogP contribution in [-0.2, 0) is 20.8 Å². The van der Waals surface area contributed by atoms with E-state index in [4.69, 9.17) is 14.6 Å². The highest BCUT2D eigenvalue weighted by molar-refractivity contribution is 7.15. The van der Waals surface area contributed by atoms with Gasteiger partial charge in [0.15, 0.2) is 0 Å². The number of carbonyl (C=O) groups excluding carboxylic acids is 1. The standard InChI is InChI=1S/C29H36N2O4S/c1-20-10-15-25(36-20)24-16-26(32)31(30-28(24)23-8-6-5-7-9-23)17-21-11-13-22(14-12-21)18-34-19-27(33)35-29(2,3)4/h5-10,15-16,21-22H,11-14,17-19H2,1-4H3. The number of aryl methyl sites for hydroxylation is 1. The Morgan fingerprint density at radius 3 is 2.39 bits per heavy atom. The zero-order valence-corrected chi connectivity index (χ0v) is 22.5. The van der Waals surface area contributed by atoms with E-state index < -0.39 is 5.60 Å². The minimum absolute atomic E-state index is 0.00507. The number of hydrogen-bond acceptors (Lipinski definition) is 6. The third kappa shape index (κ3) is 7.14. The van der Waals surface area contributed by atoms with Gasteiger partial charge >= 0.3 is 5.97 Å². The summed E-state index contributed by atoms with van der Waals surface area (Å²) in [6.07, 6.45) is 4.07. The molecule has 0 amide bonds. The molecule has 0 bridgehead atoms. The van der Waals surface area contributed by atoms with Crippen molar-refractivity contribution in [3.8, 4) is 21.7 Å². The summed E-state index contributed by atoms with van der Waals surface area (Å²) in [5, 5.41) is 4.87. The van der Waals surface area contributed by atoms with E-state index in [2.05, 4.69) is 19.1 Å². The molecule has 1 fully saturated rings. The van der Waals surface area contributed by atoms with Crippen molar-refractivity contribution in [1.82, 2.24) is 9.78 Å². The number of benzene rings is 1. The van der Waals surface area contributed by atoms with E-state index >= 15 is 0 Å². The number of carbonyl (C=O) groups is 1. The van der Waals surface area contributed by atoms with Crippen molar-refractivity contribution in [2.75, 3.05) is 13.2 Å². The average molecular weight is 509 g/mol. The van der Waals surface area contributed by atoms with Gasteiger partial charge in [0.25, 0.3) is 5.56 Å². The Balaban J connectivity index is 1.39. The molecule has 7 heteroatoms. The first-order valence-electron chi connectivity index (χ1n) is 12.7. The van der Waals surface area contributed by atoms with Gasteiger partial charge in [-0.05, 0) is 77.3 Å². The van der Waals surface area contributed by atoms with Gasteiger partial charge in [-0.2, -0.15) is 5.10 Å². The van der Waals surface area contributed by atoms with Crippen molar-refractivity contribution < 1.29 is 14.3 Å². The van der Waals surface area contributed by atoms with Gasteiger partial charge < -0.3 is 9.47 Å². The van der Waals surface area contributed by atoms with Crippen LogP contribution in [0.1, 0.15) is 51.3 Å². The first-order chi connectivity index (χ1) is 17.2. The lowest BCUT2D eigenvalue weighted by Crippen LogP contribution is -2.30. The number of ether oxygens (including phenoxy) is 2. The Morgan fingerprint density at radius 2 is 1.75 bits per heavy atom. The van der Waals surface area contributed by atoms with E-state index in [1.54, 1.807) is 22.1 Å². The lowest BCUT2D eigenvalue weighted by atomic mass is 9.82. The molecule has 192 valence electrons. The number of nitrogens with zero attached hydrogens (tertiary/aromatic N) is 2. The highest BCUT2D eigenvalue weighted by Gasteiger charge is 2.24. The van der Waals surface area contributed by atoms with Crippen molar-refractivity contribution in [1.29, 1.82) is 0 Å². The van der Waals surface area contributed by atoms with Crippen LogP contribution < -0.4 is 5.56 Å². The summed E-state index contributed by atoms with van der Waals surface area (Å²) in [4.78, 5) is 27.2. The van der Waals surface area contributed by atoms with E-state index in [0.29, 0.717) is 25.0 Å². The molecule has 0 unspecified atom stereocenters. The Morgan fingerprint density at radius 1 is 1.06 bits per heavy atom. The monoisotopic (exact) mass is 508 g/mol. The molecular formula is C29H36N2O4S. The number of thiophene rings is 1. The zero-order chi connectivity index (χ0) is 25.7. The fourth-order valence-electron chi connectivity index (χ4n) is 4.70. The largest absolute Gasteiger partial charge is 0.458 e. The molecule has 0 aliphatic heterocycles. The molecule has 0 saturated heterocycles. The molecule has 0 N–H and O–H groups in total. The summed E-state index contributed by atoms with van der Waals surface area (Å²) in [5.74, 6) is 0.505. The lowest BCUT2D eigenvalue weighted by molar-refractivity contribution is -0.160. The second-order valence-electron chi connectivity index (χ2n) is 10.7. The van der Waals surface area contributed by atoms with E-state index in [1.165, 1.54) is 4.88 Å². The number of esters is 1. The van der Waals surface area contributed by atoms with Gasteiger partial charge in [-0.15, -0.1) is 11.3 Å². The molecule has 0 radical (unpaired) electrons. The van der Waals surface area contributed by atoms with Crippen LogP contribution in [0.2, 0.25) is 0 Å². The minimum atomic E-state index is -0.494. The van der Waals surface area contributed by atoms with Crippen molar-refractivity contribution in [3.63, 3.8) is 0 Å². The average Bonchev–Trinajstić information content (AvgIpc) is 3.27. The molecule has 1 aliphatic rings. The van der Waals surface area contributed by atoms with Crippen molar-refractivity contribution in [2.45, 2.75) is 65.5 Å². The van der Waals surface area contributed by atoms with Crippen LogP contribution in [0.4, 0.5) is 0 Å². The fraction of sp³-hybridized carbons (Fsp3) is 0.483. The van der Waals surface area contributed by atoms with Crippen LogP contribution in [-0.4, -0.2) is 34.6 Å². The number of rotatable bonds is 8. The fourth-order valence-corrected chi connectivity index (χ4v) is 5.59. The molecule has 1 aliphatic carbocycles. The lowest BCUT2D eigenvalue weighted by Gasteiger charge is -2.28. The highest BCUT2D eigenvalue weighted by Crippen LogP contribution is 2.34. The molecule has 4 rings (SSSR count). The van der Waals surface area contributed by atoms with Gasteiger partial charge in [-0.25, -0.2) is 9.48 Å². The van der Waals surface area contributed by atoms with E-state index in [0.717, 1.165) is 47.4 Å². The first kappa shape index (κ1) is 26.3. The Labute approximate surface area is 217 Å². The maximum Gasteiger partial charge on any atom is 0.332 e. The van der Waals surface area contributed by atoms with Gasteiger partial charge in [0, 0.05) is 33.5 Å². The van der Waals surface area contributed by atoms with Crippen LogP contribution in [0.25, 0.3) is 21.7 Å². The van der Waals surface area contributed by atoms with Crippen LogP contribution in [0, 0.1) is 18.8 Å². The third-order valence-electron chi connectivity index (χ3n) is 6.44. The van der Waals surface area contributed by atoms with Crippen LogP contribution in [0.3, 0.4) is 0 Å². The zero-order valence-electron chi connectivity index (χ0n) is 21.7. The normalized spacial score (nSPS) is 18.2. The Hall–Kier alpha value is -2.77. The number of hydrogen-bond donors (Lipinski definition) is 0. The third-order valence-corrected chi connectivity index (χ3v) is 7.48. The van der Waals surface area contributed by atoms with Gasteiger partial charge in [0.05, 0.1) is 12.3 Å². The molecule has 36 heavy (non-hydrogen) atoms. The molecule has 2 heterocycles. The van der Waals surface area contributed by atoms with E-state index in [9.17, 15) is 9.59 Å². The molecule has 1 saturated carbocycles. The van der Waals surface area contributed by atoms with Crippen LogP contribution in [0.5, 0.6) is 0 Å². The summed E-state index contributed by atoms with van der Waals surface area (Å²) < 4.78 is 12.6. The highest BCUT2D eigenvalue weighted by atomic mass is 32.1. The van der Waals surface area contributed by atoms with Crippen LogP contribution in [0.15, 0.2) is 53.3 Å². The molecule has 2 aromatic heterocycles. The van der Waals surface area contributed by atoms with Gasteiger partial charge in [0.2, 0.25) is 0 Å². The van der Waals surface area contributed by atoms with Crippen molar-refractivity contribution >= 4 is 17.3 Å². The SMILES string of the molecule is Cc1ccc(-c2cc(=O)n(CC3CCC(COCC(=O)OC(C)(C)C)CC3)nc2-c2ccccc2)s1. The maximum absolute atomic E-state index is 13.1. The predicted octanol–water partition coefficient (Wildman–Crippen LogP) is 6.11. The van der Waals surface area contributed by atoms with Gasteiger partial charge in [0.1, 0.15) is 12.2 Å². The van der Waals surface area contributed by atoms with Gasteiger partial charge in [-0.1, -0.05) is 30.3 Å². The van der Waals surface area contributed by atoms with E-state index in [-0.39, 0.29) is 18.1 Å². The van der Waals surface area contributed by atoms with Crippen molar-refractivity contribution in [2.24, 2.45) is 11.8 Å². The Bertz CT molecular complexity index is 1220. The minimum Gasteiger partial charge on any atom is -0.458 e. The second-order valence-corrected chi connectivity index (χ2v) is 12.0. The summed E-state index contributed by atoms with van der Waals surface area (Å²) in [6, 6.07) is 16.0. The molecular weight excluding hydrogens is 472 g/mol. The molecule has 0 spiro atoms. The molecule has 0 atom stereocenters. The second kappa shape index (κ2) is 11.5. The maximum atomic E-state index is 13.1. The Kier molecular flexibility index (Phi) is 8.42. The molecule has 6 nitrogen and oxygen atoms in total. The number of aromatic nitrogens is 2. The summed E-state index contributed by atoms with van der Waals surface area (Å²) in [7, 11) is 0. The smallest absolute Gasteiger partial charge is 0.332 e. The topological polar surface area (TPSA) is 70.4 Å². The molecule has 1 aromatic carbocycles. The van der Waals surface area contributed by atoms with Crippen molar-refractivity contribution in [3.05, 3.63) is 63.8 Å². The van der Waals surface area contributed by atoms with Gasteiger partial charge in [-0.3, -0.25) is 4.79 Å². The van der Waals surface area contributed by atoms with E-state index in [1.807, 2.05) is 51.1 Å².